The molecule has 25 heavy (non-hydrogen) atoms. The molecule has 0 unspecified atom stereocenters. The second kappa shape index (κ2) is 7.47. The predicted octanol–water partition coefficient (Wildman–Crippen LogP) is 3.87. The molecule has 0 spiro atoms. The molecule has 0 atom stereocenters. The fraction of sp³-hybridized carbons (Fsp3) is 0.350. The van der Waals surface area contributed by atoms with E-state index in [1.165, 1.54) is 5.56 Å². The number of hydrogen-bond donors (Lipinski definition) is 2. The van der Waals surface area contributed by atoms with Crippen LogP contribution < -0.4 is 10.2 Å². The molecule has 1 aliphatic heterocycles. The van der Waals surface area contributed by atoms with Crippen LogP contribution in [-0.2, 0) is 0 Å². The van der Waals surface area contributed by atoms with Crippen LogP contribution in [0.1, 0.15) is 25.3 Å². The molecule has 1 saturated heterocycles. The number of phenols is 1. The normalized spacial score (nSPS) is 14.7. The topological polar surface area (TPSA) is 55.8 Å². The summed E-state index contributed by atoms with van der Waals surface area (Å²) in [5.41, 5.74) is 2.90. The van der Waals surface area contributed by atoms with E-state index in [1.54, 1.807) is 6.07 Å². The highest BCUT2D eigenvalue weighted by Crippen LogP contribution is 2.27. The van der Waals surface area contributed by atoms with E-state index in [4.69, 9.17) is 0 Å². The minimum absolute atomic E-state index is 0.0748. The smallest absolute Gasteiger partial charge is 0.321 e. The van der Waals surface area contributed by atoms with Crippen molar-refractivity contribution in [1.82, 2.24) is 4.90 Å². The van der Waals surface area contributed by atoms with Crippen LogP contribution in [-0.4, -0.2) is 42.2 Å². The summed E-state index contributed by atoms with van der Waals surface area (Å²) in [6.45, 7) is 6.97. The van der Waals surface area contributed by atoms with E-state index >= 15 is 0 Å². The highest BCUT2D eigenvalue weighted by Gasteiger charge is 2.22. The van der Waals surface area contributed by atoms with Gasteiger partial charge >= 0.3 is 6.03 Å². The van der Waals surface area contributed by atoms with Crippen LogP contribution in [0.15, 0.2) is 48.5 Å². The molecule has 5 nitrogen and oxygen atoms in total. The van der Waals surface area contributed by atoms with E-state index in [1.807, 2.05) is 35.2 Å². The lowest BCUT2D eigenvalue weighted by molar-refractivity contribution is 0.208. The van der Waals surface area contributed by atoms with Crippen molar-refractivity contribution in [3.63, 3.8) is 0 Å². The molecule has 0 aromatic heterocycles. The van der Waals surface area contributed by atoms with E-state index in [2.05, 4.69) is 36.2 Å². The van der Waals surface area contributed by atoms with E-state index in [0.29, 0.717) is 32.1 Å². The molecule has 2 amide bonds. The Kier molecular flexibility index (Phi) is 5.12. The third kappa shape index (κ3) is 4.05. The molecule has 0 bridgehead atoms. The molecule has 0 saturated carbocycles. The van der Waals surface area contributed by atoms with Crippen molar-refractivity contribution >= 4 is 17.4 Å². The third-order valence-electron chi connectivity index (χ3n) is 4.62. The first kappa shape index (κ1) is 17.1. The summed E-state index contributed by atoms with van der Waals surface area (Å²) in [5, 5.41) is 12.9. The van der Waals surface area contributed by atoms with Crippen molar-refractivity contribution in [3.8, 4) is 5.75 Å². The fourth-order valence-corrected chi connectivity index (χ4v) is 3.04. The molecular weight excluding hydrogens is 314 g/mol. The summed E-state index contributed by atoms with van der Waals surface area (Å²) >= 11 is 0. The first-order valence-corrected chi connectivity index (χ1v) is 8.73. The van der Waals surface area contributed by atoms with Gasteiger partial charge in [0.05, 0.1) is 5.69 Å². The SMILES string of the molecule is CC(C)c1ccc(NC(=O)N2CCN(c3ccccc3O)CC2)cc1. The van der Waals surface area contributed by atoms with Crippen LogP contribution in [0.25, 0.3) is 0 Å². The number of phenolic OH excluding ortho intramolecular Hbond substituents is 1. The number of rotatable bonds is 3. The van der Waals surface area contributed by atoms with Crippen LogP contribution in [0.4, 0.5) is 16.2 Å². The Labute approximate surface area is 148 Å². The van der Waals surface area contributed by atoms with Gasteiger partial charge in [0.2, 0.25) is 0 Å². The van der Waals surface area contributed by atoms with E-state index in [0.717, 1.165) is 11.4 Å². The highest BCUT2D eigenvalue weighted by atomic mass is 16.3. The molecule has 2 aromatic rings. The van der Waals surface area contributed by atoms with Crippen LogP contribution >= 0.6 is 0 Å². The Bertz CT molecular complexity index is 720. The number of urea groups is 1. The minimum atomic E-state index is -0.0748. The van der Waals surface area contributed by atoms with Crippen LogP contribution in [0.5, 0.6) is 5.75 Å². The minimum Gasteiger partial charge on any atom is -0.506 e. The van der Waals surface area contributed by atoms with Crippen molar-refractivity contribution in [1.29, 1.82) is 0 Å². The Morgan fingerprint density at radius 1 is 1.00 bits per heavy atom. The van der Waals surface area contributed by atoms with Gasteiger partial charge in [0.15, 0.2) is 0 Å². The summed E-state index contributed by atoms with van der Waals surface area (Å²) in [6.07, 6.45) is 0. The van der Waals surface area contributed by atoms with Gasteiger partial charge in [-0.3, -0.25) is 0 Å². The Hall–Kier alpha value is -2.69. The number of nitrogens with one attached hydrogen (secondary N) is 1. The number of carbonyl (C=O) groups excluding carboxylic acids is 1. The summed E-state index contributed by atoms with van der Waals surface area (Å²) in [5.74, 6) is 0.762. The molecule has 0 radical (unpaired) electrons. The summed E-state index contributed by atoms with van der Waals surface area (Å²) in [4.78, 5) is 16.4. The zero-order valence-corrected chi connectivity index (χ0v) is 14.8. The van der Waals surface area contributed by atoms with Crippen molar-refractivity contribution in [3.05, 3.63) is 54.1 Å². The second-order valence-corrected chi connectivity index (χ2v) is 6.67. The molecule has 132 valence electrons. The van der Waals surface area contributed by atoms with Crippen LogP contribution in [0.2, 0.25) is 0 Å². The van der Waals surface area contributed by atoms with Gasteiger partial charge in [-0.15, -0.1) is 0 Å². The van der Waals surface area contributed by atoms with Crippen molar-refractivity contribution in [2.45, 2.75) is 19.8 Å². The molecule has 0 aliphatic carbocycles. The fourth-order valence-electron chi connectivity index (χ4n) is 3.04. The number of aromatic hydroxyl groups is 1. The van der Waals surface area contributed by atoms with Gasteiger partial charge in [-0.25, -0.2) is 4.79 Å². The molecule has 1 fully saturated rings. The van der Waals surface area contributed by atoms with Crippen molar-refractivity contribution in [2.75, 3.05) is 36.4 Å². The predicted molar refractivity (Wildman–Crippen MR) is 101 cm³/mol. The number of para-hydroxylation sites is 2. The summed E-state index contributed by atoms with van der Waals surface area (Å²) in [7, 11) is 0. The van der Waals surface area contributed by atoms with Gasteiger partial charge in [-0.2, -0.15) is 0 Å². The second-order valence-electron chi connectivity index (χ2n) is 6.67. The third-order valence-corrected chi connectivity index (χ3v) is 4.62. The maximum absolute atomic E-state index is 12.4. The van der Waals surface area contributed by atoms with E-state index < -0.39 is 0 Å². The molecule has 2 aromatic carbocycles. The number of benzene rings is 2. The average Bonchev–Trinajstić information content (AvgIpc) is 2.63. The lowest BCUT2D eigenvalue weighted by Gasteiger charge is -2.36. The number of carbonyl (C=O) groups is 1. The standard InChI is InChI=1S/C20H25N3O2/c1-15(2)16-7-9-17(10-8-16)21-20(25)23-13-11-22(12-14-23)18-5-3-4-6-19(18)24/h3-10,15,24H,11-14H2,1-2H3,(H,21,25). The highest BCUT2D eigenvalue weighted by molar-refractivity contribution is 5.89. The van der Waals surface area contributed by atoms with E-state index in [9.17, 15) is 9.90 Å². The maximum atomic E-state index is 12.4. The number of amides is 2. The average molecular weight is 339 g/mol. The van der Waals surface area contributed by atoms with Gasteiger partial charge in [0.1, 0.15) is 5.75 Å². The molecular formula is C20H25N3O2. The number of nitrogens with zero attached hydrogens (tertiary/aromatic N) is 2. The largest absolute Gasteiger partial charge is 0.506 e. The molecule has 1 aliphatic rings. The van der Waals surface area contributed by atoms with Gasteiger partial charge in [-0.1, -0.05) is 38.1 Å². The summed E-state index contributed by atoms with van der Waals surface area (Å²) in [6, 6.07) is 15.2. The molecule has 3 rings (SSSR count). The van der Waals surface area contributed by atoms with Gasteiger partial charge < -0.3 is 20.2 Å². The Balaban J connectivity index is 1.55. The zero-order chi connectivity index (χ0) is 17.8. The molecule has 1 heterocycles. The summed E-state index contributed by atoms with van der Waals surface area (Å²) < 4.78 is 0. The lowest BCUT2D eigenvalue weighted by atomic mass is 10.0. The van der Waals surface area contributed by atoms with Crippen molar-refractivity contribution in [2.24, 2.45) is 0 Å². The number of piperazine rings is 1. The zero-order valence-electron chi connectivity index (χ0n) is 14.8. The Morgan fingerprint density at radius 2 is 1.64 bits per heavy atom. The van der Waals surface area contributed by atoms with Crippen LogP contribution in [0.3, 0.4) is 0 Å². The number of anilines is 2. The molecule has 2 N–H and O–H groups in total. The lowest BCUT2D eigenvalue weighted by Crippen LogP contribution is -2.50. The van der Waals surface area contributed by atoms with E-state index in [-0.39, 0.29) is 11.8 Å². The monoisotopic (exact) mass is 339 g/mol. The van der Waals surface area contributed by atoms with Gasteiger partial charge in [-0.05, 0) is 35.7 Å². The van der Waals surface area contributed by atoms with Gasteiger partial charge in [0, 0.05) is 31.9 Å². The van der Waals surface area contributed by atoms with Crippen molar-refractivity contribution < 1.29 is 9.90 Å². The Morgan fingerprint density at radius 3 is 2.24 bits per heavy atom. The molecule has 5 heteroatoms. The van der Waals surface area contributed by atoms with Crippen LogP contribution in [0, 0.1) is 0 Å². The first-order chi connectivity index (χ1) is 12.0. The van der Waals surface area contributed by atoms with Gasteiger partial charge in [0.25, 0.3) is 0 Å². The quantitative estimate of drug-likeness (QED) is 0.892. The number of hydrogen-bond acceptors (Lipinski definition) is 3. The maximum Gasteiger partial charge on any atom is 0.321 e. The first-order valence-electron chi connectivity index (χ1n) is 8.73.